The largest absolute Gasteiger partial charge is 0.381 e. The molecule has 0 amide bonds. The highest BCUT2D eigenvalue weighted by atomic mass is 16.5. The van der Waals surface area contributed by atoms with Crippen molar-refractivity contribution in [1.29, 1.82) is 0 Å². The Balaban J connectivity index is 1.88. The van der Waals surface area contributed by atoms with Gasteiger partial charge in [0.25, 0.3) is 0 Å². The Morgan fingerprint density at radius 2 is 2.05 bits per heavy atom. The van der Waals surface area contributed by atoms with Crippen LogP contribution in [0.15, 0.2) is 24.3 Å². The van der Waals surface area contributed by atoms with Gasteiger partial charge in [0.2, 0.25) is 0 Å². The molecule has 0 radical (unpaired) electrons. The van der Waals surface area contributed by atoms with Gasteiger partial charge in [-0.2, -0.15) is 0 Å². The zero-order valence-electron chi connectivity index (χ0n) is 13.8. The van der Waals surface area contributed by atoms with Crippen LogP contribution in [0.5, 0.6) is 0 Å². The highest BCUT2D eigenvalue weighted by molar-refractivity contribution is 5.27. The van der Waals surface area contributed by atoms with Crippen LogP contribution in [0.4, 0.5) is 0 Å². The molecule has 1 heterocycles. The average molecular weight is 290 g/mol. The molecule has 0 bridgehead atoms. The smallest absolute Gasteiger partial charge is 0.0506 e. The maximum Gasteiger partial charge on any atom is 0.0506 e. The summed E-state index contributed by atoms with van der Waals surface area (Å²) in [5.74, 6) is 0.699. The fourth-order valence-corrected chi connectivity index (χ4v) is 2.95. The van der Waals surface area contributed by atoms with Crippen LogP contribution in [-0.2, 0) is 17.8 Å². The maximum atomic E-state index is 5.59. The van der Waals surface area contributed by atoms with Crippen molar-refractivity contribution in [3.05, 3.63) is 35.4 Å². The van der Waals surface area contributed by atoms with Crippen LogP contribution in [-0.4, -0.2) is 37.7 Å². The van der Waals surface area contributed by atoms with E-state index in [4.69, 9.17) is 4.74 Å². The van der Waals surface area contributed by atoms with Crippen molar-refractivity contribution in [2.75, 3.05) is 26.8 Å². The summed E-state index contributed by atoms with van der Waals surface area (Å²) in [5.41, 5.74) is 2.85. The van der Waals surface area contributed by atoms with Gasteiger partial charge in [0.05, 0.1) is 6.61 Å². The third-order valence-electron chi connectivity index (χ3n) is 4.08. The Labute approximate surface area is 129 Å². The van der Waals surface area contributed by atoms with Gasteiger partial charge in [-0.15, -0.1) is 0 Å². The van der Waals surface area contributed by atoms with E-state index in [1.807, 2.05) is 0 Å². The molecule has 0 aliphatic carbocycles. The first-order chi connectivity index (χ1) is 10.1. The molecule has 1 fully saturated rings. The molecule has 1 atom stereocenters. The summed E-state index contributed by atoms with van der Waals surface area (Å²) in [6.45, 7) is 9.37. The van der Waals surface area contributed by atoms with Crippen LogP contribution in [0, 0.1) is 5.92 Å². The number of hydrogen-bond donors (Lipinski definition) is 1. The van der Waals surface area contributed by atoms with Gasteiger partial charge in [-0.25, -0.2) is 0 Å². The lowest BCUT2D eigenvalue weighted by atomic mass is 10.0. The van der Waals surface area contributed by atoms with Gasteiger partial charge >= 0.3 is 0 Å². The minimum atomic E-state index is 0.523. The molecule has 0 aromatic heterocycles. The molecule has 2 rings (SSSR count). The first kappa shape index (κ1) is 16.5. The molecule has 1 aliphatic rings. The lowest BCUT2D eigenvalue weighted by molar-refractivity contribution is 0.0411. The van der Waals surface area contributed by atoms with Gasteiger partial charge in [-0.1, -0.05) is 38.1 Å². The van der Waals surface area contributed by atoms with Crippen LogP contribution in [0.1, 0.15) is 37.8 Å². The van der Waals surface area contributed by atoms with Gasteiger partial charge in [0.15, 0.2) is 0 Å². The fourth-order valence-electron chi connectivity index (χ4n) is 2.95. The van der Waals surface area contributed by atoms with Crippen LogP contribution in [0.2, 0.25) is 0 Å². The van der Waals surface area contributed by atoms with Gasteiger partial charge in [-0.05, 0) is 36.9 Å². The number of rotatable bonds is 7. The minimum absolute atomic E-state index is 0.523. The second kappa shape index (κ2) is 8.52. The summed E-state index contributed by atoms with van der Waals surface area (Å²) in [7, 11) is 2.22. The number of benzene rings is 1. The highest BCUT2D eigenvalue weighted by Gasteiger charge is 2.16. The summed E-state index contributed by atoms with van der Waals surface area (Å²) in [5, 5.41) is 3.52. The molecule has 1 aromatic carbocycles. The molecule has 0 spiro atoms. The molecule has 1 saturated heterocycles. The normalized spacial score (nSPS) is 19.4. The van der Waals surface area contributed by atoms with Crippen LogP contribution >= 0.6 is 0 Å². The van der Waals surface area contributed by atoms with E-state index < -0.39 is 0 Å². The Bertz CT molecular complexity index is 413. The Morgan fingerprint density at radius 3 is 2.71 bits per heavy atom. The van der Waals surface area contributed by atoms with Crippen molar-refractivity contribution in [3.63, 3.8) is 0 Å². The van der Waals surface area contributed by atoms with Crippen molar-refractivity contribution in [1.82, 2.24) is 10.2 Å². The fraction of sp³-hybridized carbons (Fsp3) is 0.667. The third kappa shape index (κ3) is 5.77. The van der Waals surface area contributed by atoms with Crippen LogP contribution in [0.3, 0.4) is 0 Å². The van der Waals surface area contributed by atoms with E-state index >= 15 is 0 Å². The second-order valence-corrected chi connectivity index (χ2v) is 6.58. The van der Waals surface area contributed by atoms with Crippen LogP contribution in [0.25, 0.3) is 0 Å². The quantitative estimate of drug-likeness (QED) is 0.835. The zero-order chi connectivity index (χ0) is 15.1. The summed E-state index contributed by atoms with van der Waals surface area (Å²) < 4.78 is 5.59. The monoisotopic (exact) mass is 290 g/mol. The summed E-state index contributed by atoms with van der Waals surface area (Å²) >= 11 is 0. The van der Waals surface area contributed by atoms with E-state index in [1.165, 1.54) is 24.0 Å². The van der Waals surface area contributed by atoms with E-state index in [9.17, 15) is 0 Å². The van der Waals surface area contributed by atoms with E-state index in [-0.39, 0.29) is 0 Å². The molecule has 1 unspecified atom stereocenters. The standard InChI is InChI=1S/C18H30N2O/c1-15(2)19-11-17-8-4-5-9-18(17)13-20(3)12-16-7-6-10-21-14-16/h4-5,8-9,15-16,19H,6-7,10-14H2,1-3H3. The molecule has 1 N–H and O–H groups in total. The molecule has 0 saturated carbocycles. The number of nitrogens with zero attached hydrogens (tertiary/aromatic N) is 1. The molecular formula is C18H30N2O. The van der Waals surface area contributed by atoms with Crippen molar-refractivity contribution in [2.45, 2.75) is 45.8 Å². The van der Waals surface area contributed by atoms with Gasteiger partial charge < -0.3 is 15.0 Å². The molecule has 3 heteroatoms. The number of ether oxygens (including phenoxy) is 1. The van der Waals surface area contributed by atoms with Crippen molar-refractivity contribution >= 4 is 0 Å². The summed E-state index contributed by atoms with van der Waals surface area (Å²) in [6, 6.07) is 9.30. The van der Waals surface area contributed by atoms with Crippen molar-refractivity contribution < 1.29 is 4.74 Å². The number of hydrogen-bond acceptors (Lipinski definition) is 3. The molecular weight excluding hydrogens is 260 g/mol. The first-order valence-corrected chi connectivity index (χ1v) is 8.21. The average Bonchev–Trinajstić information content (AvgIpc) is 2.47. The lowest BCUT2D eigenvalue weighted by Gasteiger charge is -2.27. The molecule has 1 aromatic rings. The highest BCUT2D eigenvalue weighted by Crippen LogP contribution is 2.17. The number of nitrogens with one attached hydrogen (secondary N) is 1. The molecule has 118 valence electrons. The van der Waals surface area contributed by atoms with E-state index in [1.54, 1.807) is 0 Å². The van der Waals surface area contributed by atoms with Gasteiger partial charge in [-0.3, -0.25) is 0 Å². The molecule has 21 heavy (non-hydrogen) atoms. The third-order valence-corrected chi connectivity index (χ3v) is 4.08. The zero-order valence-corrected chi connectivity index (χ0v) is 13.8. The van der Waals surface area contributed by atoms with Crippen molar-refractivity contribution in [2.24, 2.45) is 5.92 Å². The molecule has 3 nitrogen and oxygen atoms in total. The topological polar surface area (TPSA) is 24.5 Å². The SMILES string of the molecule is CC(C)NCc1ccccc1CN(C)CC1CCCOC1. The minimum Gasteiger partial charge on any atom is -0.381 e. The van der Waals surface area contributed by atoms with Crippen LogP contribution < -0.4 is 5.32 Å². The van der Waals surface area contributed by atoms with Crippen molar-refractivity contribution in [3.8, 4) is 0 Å². The van der Waals surface area contributed by atoms with Gasteiger partial charge in [0.1, 0.15) is 0 Å². The Kier molecular flexibility index (Phi) is 6.68. The lowest BCUT2D eigenvalue weighted by Crippen LogP contribution is -2.31. The van der Waals surface area contributed by atoms with E-state index in [2.05, 4.69) is 55.4 Å². The predicted molar refractivity (Wildman–Crippen MR) is 88.3 cm³/mol. The Morgan fingerprint density at radius 1 is 1.29 bits per heavy atom. The predicted octanol–water partition coefficient (Wildman–Crippen LogP) is 3.04. The second-order valence-electron chi connectivity index (χ2n) is 6.58. The maximum absolute atomic E-state index is 5.59. The molecule has 1 aliphatic heterocycles. The van der Waals surface area contributed by atoms with Gasteiger partial charge in [0, 0.05) is 32.3 Å². The first-order valence-electron chi connectivity index (χ1n) is 8.21. The summed E-state index contributed by atoms with van der Waals surface area (Å²) in [4.78, 5) is 2.44. The Hall–Kier alpha value is -0.900. The summed E-state index contributed by atoms with van der Waals surface area (Å²) in [6.07, 6.45) is 2.52. The van der Waals surface area contributed by atoms with E-state index in [0.29, 0.717) is 12.0 Å². The van der Waals surface area contributed by atoms with E-state index in [0.717, 1.165) is 32.8 Å².